The van der Waals surface area contributed by atoms with Gasteiger partial charge in [0.2, 0.25) is 0 Å². The molecule has 2 nitrogen and oxygen atoms in total. The average Bonchev–Trinajstić information content (AvgIpc) is 1.92. The van der Waals surface area contributed by atoms with Crippen LogP contribution in [0.1, 0.15) is 46.5 Å². The topological polar surface area (TPSA) is 33.0 Å². The summed E-state index contributed by atoms with van der Waals surface area (Å²) in [6, 6.07) is 2.42. The second-order valence-corrected chi connectivity index (χ2v) is 4.96. The first-order valence-corrected chi connectivity index (χ1v) is 5.03. The zero-order valence-electron chi connectivity index (χ0n) is 8.89. The summed E-state index contributed by atoms with van der Waals surface area (Å²) in [5, 5.41) is 8.96. The van der Waals surface area contributed by atoms with E-state index in [1.54, 1.807) is 0 Å². The summed E-state index contributed by atoms with van der Waals surface area (Å²) in [4.78, 5) is 0. The van der Waals surface area contributed by atoms with Crippen molar-refractivity contribution in [2.45, 2.75) is 52.1 Å². The number of hydrogen-bond donors (Lipinski definition) is 0. The molecule has 0 aliphatic heterocycles. The molecule has 1 aliphatic rings. The van der Waals surface area contributed by atoms with E-state index < -0.39 is 0 Å². The van der Waals surface area contributed by atoms with Gasteiger partial charge in [-0.2, -0.15) is 5.26 Å². The Morgan fingerprint density at radius 1 is 1.38 bits per heavy atom. The highest BCUT2D eigenvalue weighted by Gasteiger charge is 2.36. The SMILES string of the molecule is CC(C)(C)OCCC1(C#N)CCC1. The van der Waals surface area contributed by atoms with E-state index >= 15 is 0 Å². The summed E-state index contributed by atoms with van der Waals surface area (Å²) >= 11 is 0. The monoisotopic (exact) mass is 181 g/mol. The second-order valence-electron chi connectivity index (χ2n) is 4.96. The van der Waals surface area contributed by atoms with Crippen molar-refractivity contribution in [3.05, 3.63) is 0 Å². The van der Waals surface area contributed by atoms with Crippen molar-refractivity contribution < 1.29 is 4.74 Å². The van der Waals surface area contributed by atoms with Crippen LogP contribution in [-0.2, 0) is 4.74 Å². The van der Waals surface area contributed by atoms with E-state index in [1.807, 2.05) is 20.8 Å². The van der Waals surface area contributed by atoms with Crippen molar-refractivity contribution >= 4 is 0 Å². The van der Waals surface area contributed by atoms with Crippen molar-refractivity contribution in [3.8, 4) is 6.07 Å². The lowest BCUT2D eigenvalue weighted by molar-refractivity contribution is -0.0212. The molecule has 1 saturated carbocycles. The smallest absolute Gasteiger partial charge is 0.0690 e. The Morgan fingerprint density at radius 3 is 2.31 bits per heavy atom. The maximum absolute atomic E-state index is 8.96. The summed E-state index contributed by atoms with van der Waals surface area (Å²) in [6.07, 6.45) is 4.25. The maximum Gasteiger partial charge on any atom is 0.0690 e. The quantitative estimate of drug-likeness (QED) is 0.670. The largest absolute Gasteiger partial charge is 0.376 e. The predicted molar refractivity (Wildman–Crippen MR) is 52.2 cm³/mol. The van der Waals surface area contributed by atoms with Gasteiger partial charge in [0.1, 0.15) is 0 Å². The Morgan fingerprint density at radius 2 is 2.00 bits per heavy atom. The molecule has 0 aromatic carbocycles. The first-order chi connectivity index (χ1) is 5.97. The highest BCUT2D eigenvalue weighted by molar-refractivity contribution is 5.04. The van der Waals surface area contributed by atoms with Gasteiger partial charge in [-0.05, 0) is 40.0 Å². The minimum atomic E-state index is -0.0691. The molecule has 0 amide bonds. The average molecular weight is 181 g/mol. The van der Waals surface area contributed by atoms with Crippen molar-refractivity contribution in [2.75, 3.05) is 6.61 Å². The van der Waals surface area contributed by atoms with Gasteiger partial charge in [-0.15, -0.1) is 0 Å². The van der Waals surface area contributed by atoms with Crippen LogP contribution in [0.25, 0.3) is 0 Å². The van der Waals surface area contributed by atoms with Gasteiger partial charge in [-0.3, -0.25) is 0 Å². The van der Waals surface area contributed by atoms with Gasteiger partial charge in [0.05, 0.1) is 17.1 Å². The fraction of sp³-hybridized carbons (Fsp3) is 0.909. The molecule has 0 unspecified atom stereocenters. The standard InChI is InChI=1S/C11H19NO/c1-10(2,3)13-8-7-11(9-12)5-4-6-11/h4-8H2,1-3H3. The minimum absolute atomic E-state index is 0.0365. The van der Waals surface area contributed by atoms with Gasteiger partial charge in [0.25, 0.3) is 0 Å². The molecule has 0 heterocycles. The van der Waals surface area contributed by atoms with Crippen LogP contribution in [0.5, 0.6) is 0 Å². The van der Waals surface area contributed by atoms with Crippen molar-refractivity contribution in [1.29, 1.82) is 5.26 Å². The van der Waals surface area contributed by atoms with Crippen molar-refractivity contribution in [2.24, 2.45) is 5.41 Å². The van der Waals surface area contributed by atoms with E-state index in [9.17, 15) is 0 Å². The highest BCUT2D eigenvalue weighted by Crippen LogP contribution is 2.43. The maximum atomic E-state index is 8.96. The zero-order chi connectivity index (χ0) is 9.95. The first kappa shape index (κ1) is 10.5. The van der Waals surface area contributed by atoms with Gasteiger partial charge in [0, 0.05) is 6.61 Å². The molecule has 1 aliphatic carbocycles. The van der Waals surface area contributed by atoms with Crippen molar-refractivity contribution in [1.82, 2.24) is 0 Å². The summed E-state index contributed by atoms with van der Waals surface area (Å²) in [6.45, 7) is 6.86. The minimum Gasteiger partial charge on any atom is -0.376 e. The fourth-order valence-corrected chi connectivity index (χ4v) is 1.57. The third-order valence-corrected chi connectivity index (χ3v) is 2.66. The molecule has 0 N–H and O–H groups in total. The van der Waals surface area contributed by atoms with Gasteiger partial charge >= 0.3 is 0 Å². The Balaban J connectivity index is 2.23. The van der Waals surface area contributed by atoms with E-state index in [1.165, 1.54) is 6.42 Å². The molecule has 0 bridgehead atoms. The van der Waals surface area contributed by atoms with Crippen LogP contribution in [0.3, 0.4) is 0 Å². The molecule has 0 saturated heterocycles. The third-order valence-electron chi connectivity index (χ3n) is 2.66. The van der Waals surface area contributed by atoms with Crippen LogP contribution in [0.2, 0.25) is 0 Å². The Hall–Kier alpha value is -0.550. The molecule has 0 aromatic heterocycles. The number of hydrogen-bond acceptors (Lipinski definition) is 2. The molecule has 0 radical (unpaired) electrons. The van der Waals surface area contributed by atoms with Crippen molar-refractivity contribution in [3.63, 3.8) is 0 Å². The summed E-state index contributed by atoms with van der Waals surface area (Å²) in [5.41, 5.74) is -0.106. The Kier molecular flexibility index (Phi) is 2.98. The molecule has 13 heavy (non-hydrogen) atoms. The predicted octanol–water partition coefficient (Wildman–Crippen LogP) is 2.89. The highest BCUT2D eigenvalue weighted by atomic mass is 16.5. The molecule has 1 fully saturated rings. The van der Waals surface area contributed by atoms with Gasteiger partial charge < -0.3 is 4.74 Å². The number of nitriles is 1. The summed E-state index contributed by atoms with van der Waals surface area (Å²) in [5.74, 6) is 0. The van der Waals surface area contributed by atoms with Crippen LogP contribution in [0.4, 0.5) is 0 Å². The van der Waals surface area contributed by atoms with Gasteiger partial charge in [-0.25, -0.2) is 0 Å². The van der Waals surface area contributed by atoms with E-state index in [0.717, 1.165) is 25.9 Å². The van der Waals surface area contributed by atoms with E-state index in [0.29, 0.717) is 0 Å². The molecular formula is C11H19NO. The molecule has 1 rings (SSSR count). The zero-order valence-corrected chi connectivity index (χ0v) is 8.89. The summed E-state index contributed by atoms with van der Waals surface area (Å²) in [7, 11) is 0. The summed E-state index contributed by atoms with van der Waals surface area (Å²) < 4.78 is 5.61. The normalized spacial score (nSPS) is 20.5. The third kappa shape index (κ3) is 3.00. The lowest BCUT2D eigenvalue weighted by atomic mass is 9.68. The second kappa shape index (κ2) is 3.67. The van der Waals surface area contributed by atoms with Gasteiger partial charge in [0.15, 0.2) is 0 Å². The van der Waals surface area contributed by atoms with E-state index in [4.69, 9.17) is 10.00 Å². The molecule has 0 aromatic rings. The van der Waals surface area contributed by atoms with Crippen LogP contribution in [-0.4, -0.2) is 12.2 Å². The van der Waals surface area contributed by atoms with Crippen LogP contribution < -0.4 is 0 Å². The number of nitrogens with zero attached hydrogens (tertiary/aromatic N) is 1. The van der Waals surface area contributed by atoms with Crippen LogP contribution in [0, 0.1) is 16.7 Å². The molecular weight excluding hydrogens is 162 g/mol. The van der Waals surface area contributed by atoms with Crippen LogP contribution >= 0.6 is 0 Å². The lowest BCUT2D eigenvalue weighted by Crippen LogP contribution is -2.30. The Bertz CT molecular complexity index is 205. The van der Waals surface area contributed by atoms with E-state index in [2.05, 4.69) is 6.07 Å². The molecule has 74 valence electrons. The fourth-order valence-electron chi connectivity index (χ4n) is 1.57. The molecule has 0 atom stereocenters. The van der Waals surface area contributed by atoms with E-state index in [-0.39, 0.29) is 11.0 Å². The lowest BCUT2D eigenvalue weighted by Gasteiger charge is -2.35. The Labute approximate surface area is 80.9 Å². The van der Waals surface area contributed by atoms with Crippen LogP contribution in [0.15, 0.2) is 0 Å². The molecule has 2 heteroatoms. The number of ether oxygens (including phenoxy) is 1. The first-order valence-electron chi connectivity index (χ1n) is 5.03. The molecule has 0 spiro atoms. The van der Waals surface area contributed by atoms with Gasteiger partial charge in [-0.1, -0.05) is 6.42 Å². The number of rotatable bonds is 3.